The van der Waals surface area contributed by atoms with E-state index in [1.807, 2.05) is 0 Å². The summed E-state index contributed by atoms with van der Waals surface area (Å²) in [4.78, 5) is 20.5. The Morgan fingerprint density at radius 2 is 1.97 bits per heavy atom. The van der Waals surface area contributed by atoms with Gasteiger partial charge in [-0.1, -0.05) is 5.16 Å². The van der Waals surface area contributed by atoms with Crippen LogP contribution in [0.25, 0.3) is 17.1 Å². The minimum atomic E-state index is -0.460. The number of carbonyl (C=O) groups is 1. The second kappa shape index (κ2) is 8.86. The van der Waals surface area contributed by atoms with Crippen molar-refractivity contribution in [3.05, 3.63) is 78.2 Å². The van der Waals surface area contributed by atoms with Crippen LogP contribution in [0.2, 0.25) is 0 Å². The molecule has 0 radical (unpaired) electrons. The highest BCUT2D eigenvalue weighted by Gasteiger charge is 2.12. The molecule has 0 saturated heterocycles. The molecule has 158 valence electrons. The van der Waals surface area contributed by atoms with Crippen LogP contribution in [0.3, 0.4) is 0 Å². The lowest BCUT2D eigenvalue weighted by Crippen LogP contribution is -2.12. The smallest absolute Gasteiger partial charge is 0.226 e. The van der Waals surface area contributed by atoms with Gasteiger partial charge in [0.05, 0.1) is 5.69 Å². The third-order valence-corrected chi connectivity index (χ3v) is 4.68. The molecule has 4 aromatic rings. The van der Waals surface area contributed by atoms with Gasteiger partial charge in [0.15, 0.2) is 0 Å². The molecule has 0 aliphatic rings. The predicted molar refractivity (Wildman–Crippen MR) is 110 cm³/mol. The van der Waals surface area contributed by atoms with Crippen LogP contribution < -0.4 is 5.32 Å². The number of nitrogens with one attached hydrogen (secondary N) is 1. The Hall–Kier alpha value is -3.88. The summed E-state index contributed by atoms with van der Waals surface area (Å²) in [5, 5.41) is 6.56. The van der Waals surface area contributed by atoms with Gasteiger partial charge in [0.2, 0.25) is 17.6 Å². The van der Waals surface area contributed by atoms with Crippen LogP contribution in [0.5, 0.6) is 0 Å². The molecule has 2 aromatic carbocycles. The summed E-state index contributed by atoms with van der Waals surface area (Å²) >= 11 is 0. The molecule has 4 rings (SSSR count). The van der Waals surface area contributed by atoms with E-state index in [1.165, 1.54) is 18.2 Å². The molecule has 7 nitrogen and oxygen atoms in total. The molecule has 1 N–H and O–H groups in total. The zero-order chi connectivity index (χ0) is 21.8. The van der Waals surface area contributed by atoms with Gasteiger partial charge in [0, 0.05) is 36.5 Å². The summed E-state index contributed by atoms with van der Waals surface area (Å²) in [5.74, 6) is 0.368. The Labute approximate surface area is 176 Å². The molecule has 0 saturated carbocycles. The average Bonchev–Trinajstić information content (AvgIpc) is 3.38. The van der Waals surface area contributed by atoms with Crippen molar-refractivity contribution in [1.29, 1.82) is 0 Å². The molecule has 31 heavy (non-hydrogen) atoms. The summed E-state index contributed by atoms with van der Waals surface area (Å²) in [6.07, 6.45) is 4.36. The average molecular weight is 423 g/mol. The minimum Gasteiger partial charge on any atom is -0.339 e. The summed E-state index contributed by atoms with van der Waals surface area (Å²) < 4.78 is 34.2. The number of hydrogen-bond acceptors (Lipinski definition) is 5. The number of hydrogen-bond donors (Lipinski definition) is 1. The Morgan fingerprint density at radius 3 is 2.68 bits per heavy atom. The molecule has 0 spiro atoms. The number of imidazole rings is 1. The summed E-state index contributed by atoms with van der Waals surface area (Å²) in [7, 11) is 0. The van der Waals surface area contributed by atoms with Crippen LogP contribution in [0.1, 0.15) is 24.6 Å². The van der Waals surface area contributed by atoms with E-state index >= 15 is 0 Å². The van der Waals surface area contributed by atoms with Crippen molar-refractivity contribution >= 4 is 11.6 Å². The summed E-state index contributed by atoms with van der Waals surface area (Å²) in [6.45, 7) is 1.78. The zero-order valence-electron chi connectivity index (χ0n) is 16.7. The first-order valence-corrected chi connectivity index (χ1v) is 9.68. The van der Waals surface area contributed by atoms with E-state index in [0.717, 1.165) is 0 Å². The van der Waals surface area contributed by atoms with Gasteiger partial charge in [0.25, 0.3) is 0 Å². The van der Waals surface area contributed by atoms with Crippen molar-refractivity contribution in [1.82, 2.24) is 19.7 Å². The van der Waals surface area contributed by atoms with E-state index in [4.69, 9.17) is 4.52 Å². The first-order valence-electron chi connectivity index (χ1n) is 9.68. The lowest BCUT2D eigenvalue weighted by Gasteiger charge is -2.09. The maximum atomic E-state index is 14.4. The van der Waals surface area contributed by atoms with Gasteiger partial charge in [0.1, 0.15) is 17.5 Å². The van der Waals surface area contributed by atoms with Crippen molar-refractivity contribution in [2.75, 3.05) is 5.32 Å². The molecular formula is C22H19F2N5O2. The monoisotopic (exact) mass is 423 g/mol. The Bertz CT molecular complexity index is 1200. The number of aromatic nitrogens is 4. The number of amides is 1. The number of aryl methyl sites for hydroxylation is 2. The van der Waals surface area contributed by atoms with Crippen LogP contribution >= 0.6 is 0 Å². The third kappa shape index (κ3) is 4.82. The van der Waals surface area contributed by atoms with E-state index in [-0.39, 0.29) is 18.1 Å². The topological polar surface area (TPSA) is 85.8 Å². The molecule has 1 amide bonds. The Kier molecular flexibility index (Phi) is 5.83. The third-order valence-electron chi connectivity index (χ3n) is 4.68. The molecule has 0 bridgehead atoms. The molecular weight excluding hydrogens is 404 g/mol. The summed E-state index contributed by atoms with van der Waals surface area (Å²) in [6, 6.07) is 10.3. The van der Waals surface area contributed by atoms with E-state index in [1.54, 1.807) is 48.1 Å². The minimum absolute atomic E-state index is 0.207. The van der Waals surface area contributed by atoms with Crippen LogP contribution in [0.15, 0.2) is 59.4 Å². The molecule has 2 aromatic heterocycles. The van der Waals surface area contributed by atoms with Crippen molar-refractivity contribution in [3.63, 3.8) is 0 Å². The zero-order valence-corrected chi connectivity index (χ0v) is 16.7. The van der Waals surface area contributed by atoms with Gasteiger partial charge in [-0.25, -0.2) is 13.8 Å². The van der Waals surface area contributed by atoms with Gasteiger partial charge in [-0.05, 0) is 55.8 Å². The van der Waals surface area contributed by atoms with Crippen LogP contribution in [0, 0.1) is 18.6 Å². The second-order valence-corrected chi connectivity index (χ2v) is 6.93. The molecule has 0 aliphatic heterocycles. The largest absolute Gasteiger partial charge is 0.339 e. The van der Waals surface area contributed by atoms with Crippen molar-refractivity contribution in [2.45, 2.75) is 26.2 Å². The maximum absolute atomic E-state index is 14.4. The number of nitrogens with zero attached hydrogens (tertiary/aromatic N) is 4. The predicted octanol–water partition coefficient (Wildman–Crippen LogP) is 4.47. The van der Waals surface area contributed by atoms with E-state index in [0.29, 0.717) is 47.3 Å². The number of carbonyl (C=O) groups excluding carboxylic acids is 1. The fourth-order valence-corrected chi connectivity index (χ4v) is 3.11. The van der Waals surface area contributed by atoms with Gasteiger partial charge >= 0.3 is 0 Å². The highest BCUT2D eigenvalue weighted by atomic mass is 19.1. The van der Waals surface area contributed by atoms with Gasteiger partial charge in [-0.3, -0.25) is 4.79 Å². The molecule has 0 atom stereocenters. The molecule has 2 heterocycles. The Balaban J connectivity index is 1.29. The number of rotatable bonds is 7. The highest BCUT2D eigenvalue weighted by Crippen LogP contribution is 2.20. The lowest BCUT2D eigenvalue weighted by molar-refractivity contribution is -0.116. The maximum Gasteiger partial charge on any atom is 0.226 e. The van der Waals surface area contributed by atoms with Gasteiger partial charge in [-0.2, -0.15) is 4.98 Å². The molecule has 0 aliphatic carbocycles. The van der Waals surface area contributed by atoms with Crippen molar-refractivity contribution < 1.29 is 18.1 Å². The Morgan fingerprint density at radius 1 is 1.16 bits per heavy atom. The van der Waals surface area contributed by atoms with Crippen molar-refractivity contribution in [3.8, 4) is 17.1 Å². The quantitative estimate of drug-likeness (QED) is 0.474. The van der Waals surface area contributed by atoms with Gasteiger partial charge in [-0.15, -0.1) is 0 Å². The van der Waals surface area contributed by atoms with E-state index < -0.39 is 5.82 Å². The number of anilines is 1. The highest BCUT2D eigenvalue weighted by molar-refractivity contribution is 5.90. The van der Waals surface area contributed by atoms with Crippen LogP contribution in [-0.2, 0) is 11.2 Å². The first-order chi connectivity index (χ1) is 15.0. The molecule has 0 fully saturated rings. The van der Waals surface area contributed by atoms with Crippen LogP contribution in [0.4, 0.5) is 14.5 Å². The lowest BCUT2D eigenvalue weighted by atomic mass is 10.2. The van der Waals surface area contributed by atoms with E-state index in [2.05, 4.69) is 20.4 Å². The van der Waals surface area contributed by atoms with Crippen molar-refractivity contribution in [2.24, 2.45) is 0 Å². The standard InChI is InChI=1S/C22H19F2N5O2/c1-14-25-11-12-29(14)19-10-9-17(13-18(19)24)26-20(30)3-2-4-21-27-22(28-31-21)15-5-7-16(23)8-6-15/h5-13H,2-4H2,1H3,(H,26,30). The van der Waals surface area contributed by atoms with E-state index in [9.17, 15) is 13.6 Å². The van der Waals surface area contributed by atoms with Gasteiger partial charge < -0.3 is 14.4 Å². The number of benzene rings is 2. The summed E-state index contributed by atoms with van der Waals surface area (Å²) in [5.41, 5.74) is 1.38. The fourth-order valence-electron chi connectivity index (χ4n) is 3.11. The molecule has 0 unspecified atom stereocenters. The number of halogens is 2. The fraction of sp³-hybridized carbons (Fsp3) is 0.182. The molecule has 9 heteroatoms. The normalized spacial score (nSPS) is 10.9. The first kappa shape index (κ1) is 20.4. The SMILES string of the molecule is Cc1nccn1-c1ccc(NC(=O)CCCc2nc(-c3ccc(F)cc3)no2)cc1F. The van der Waals surface area contributed by atoms with Crippen LogP contribution in [-0.4, -0.2) is 25.6 Å². The second-order valence-electron chi connectivity index (χ2n) is 6.93.